The van der Waals surface area contributed by atoms with Crippen LogP contribution < -0.4 is 4.90 Å². The summed E-state index contributed by atoms with van der Waals surface area (Å²) in [5.41, 5.74) is 13.6. The summed E-state index contributed by atoms with van der Waals surface area (Å²) in [6.45, 7) is 8.89. The van der Waals surface area contributed by atoms with Crippen LogP contribution in [0.25, 0.3) is 24.3 Å². The van der Waals surface area contributed by atoms with Gasteiger partial charge in [0.2, 0.25) is 0 Å². The van der Waals surface area contributed by atoms with E-state index in [0.717, 1.165) is 12.8 Å². The van der Waals surface area contributed by atoms with Gasteiger partial charge in [0, 0.05) is 11.4 Å². The zero-order valence-corrected chi connectivity index (χ0v) is 26.9. The summed E-state index contributed by atoms with van der Waals surface area (Å²) in [4.78, 5) is 2.45. The SMILES string of the molecule is CCCc1cccc(C)c1N(c1ccc(/C=C/C=C/c2ccccc2)c(C)c1)c1ccc(/C=C/C=C/c2ccccc2)c(C)c1. The first-order valence-electron chi connectivity index (χ1n) is 15.9. The molecule has 0 fully saturated rings. The fourth-order valence-electron chi connectivity index (χ4n) is 5.67. The Labute approximate surface area is 270 Å². The molecule has 5 aromatic carbocycles. The van der Waals surface area contributed by atoms with Crippen LogP contribution >= 0.6 is 0 Å². The molecule has 0 atom stereocenters. The van der Waals surface area contributed by atoms with Gasteiger partial charge in [-0.25, -0.2) is 0 Å². The Morgan fingerprint density at radius 3 is 1.44 bits per heavy atom. The summed E-state index contributed by atoms with van der Waals surface area (Å²) in [5, 5.41) is 0. The lowest BCUT2D eigenvalue weighted by molar-refractivity contribution is 0.917. The molecule has 45 heavy (non-hydrogen) atoms. The Hall–Kier alpha value is -5.14. The number of hydrogen-bond donors (Lipinski definition) is 0. The number of hydrogen-bond acceptors (Lipinski definition) is 1. The van der Waals surface area contributed by atoms with Crippen molar-refractivity contribution in [3.05, 3.63) is 184 Å². The molecule has 0 heterocycles. The molecule has 0 unspecified atom stereocenters. The molecule has 1 nitrogen and oxygen atoms in total. The summed E-state index contributed by atoms with van der Waals surface area (Å²) in [6, 6.07) is 41.1. The van der Waals surface area contributed by atoms with Gasteiger partial charge in [0.1, 0.15) is 0 Å². The third-order valence-corrected chi connectivity index (χ3v) is 8.04. The Balaban J connectivity index is 1.47. The first-order chi connectivity index (χ1) is 22.0. The summed E-state index contributed by atoms with van der Waals surface area (Å²) >= 11 is 0. The van der Waals surface area contributed by atoms with Gasteiger partial charge >= 0.3 is 0 Å². The Kier molecular flexibility index (Phi) is 10.8. The summed E-state index contributed by atoms with van der Waals surface area (Å²) in [5.74, 6) is 0. The lowest BCUT2D eigenvalue weighted by Crippen LogP contribution is -2.14. The fraction of sp³-hybridized carbons (Fsp3) is 0.136. The summed E-state index contributed by atoms with van der Waals surface area (Å²) in [6.07, 6.45) is 19.2. The van der Waals surface area contributed by atoms with Crippen molar-refractivity contribution in [3.63, 3.8) is 0 Å². The van der Waals surface area contributed by atoms with E-state index in [1.54, 1.807) is 0 Å². The van der Waals surface area contributed by atoms with Crippen molar-refractivity contribution in [3.8, 4) is 0 Å². The molecule has 224 valence electrons. The average Bonchev–Trinajstić information content (AvgIpc) is 3.05. The monoisotopic (exact) mass is 585 g/mol. The van der Waals surface area contributed by atoms with Gasteiger partial charge < -0.3 is 4.90 Å². The van der Waals surface area contributed by atoms with Crippen molar-refractivity contribution in [2.45, 2.75) is 40.5 Å². The molecule has 0 spiro atoms. The molecule has 0 radical (unpaired) electrons. The van der Waals surface area contributed by atoms with Crippen molar-refractivity contribution < 1.29 is 0 Å². The van der Waals surface area contributed by atoms with Crippen LogP contribution in [-0.2, 0) is 6.42 Å². The van der Waals surface area contributed by atoms with Crippen molar-refractivity contribution in [2.75, 3.05) is 4.90 Å². The second-order valence-corrected chi connectivity index (χ2v) is 11.5. The van der Waals surface area contributed by atoms with Gasteiger partial charge in [0.25, 0.3) is 0 Å². The molecular formula is C44H43N. The highest BCUT2D eigenvalue weighted by Crippen LogP contribution is 2.40. The molecule has 5 rings (SSSR count). The quantitative estimate of drug-likeness (QED) is 0.139. The molecule has 0 saturated carbocycles. The molecule has 0 saturated heterocycles. The van der Waals surface area contributed by atoms with Crippen LogP contribution in [0.1, 0.15) is 57.9 Å². The molecule has 0 bridgehead atoms. The van der Waals surface area contributed by atoms with Gasteiger partial charge in [-0.05, 0) is 96.0 Å². The van der Waals surface area contributed by atoms with Gasteiger partial charge in [-0.15, -0.1) is 0 Å². The summed E-state index contributed by atoms with van der Waals surface area (Å²) < 4.78 is 0. The minimum atomic E-state index is 1.04. The van der Waals surface area contributed by atoms with E-state index in [-0.39, 0.29) is 0 Å². The first-order valence-corrected chi connectivity index (χ1v) is 15.9. The van der Waals surface area contributed by atoms with Crippen LogP contribution in [0, 0.1) is 20.8 Å². The lowest BCUT2D eigenvalue weighted by atomic mass is 9.99. The van der Waals surface area contributed by atoms with Crippen LogP contribution in [0.15, 0.2) is 140 Å². The Bertz CT molecular complexity index is 1710. The van der Waals surface area contributed by atoms with E-state index in [2.05, 4.69) is 184 Å². The third-order valence-electron chi connectivity index (χ3n) is 8.04. The molecule has 0 aromatic heterocycles. The predicted octanol–water partition coefficient (Wildman–Crippen LogP) is 12.5. The van der Waals surface area contributed by atoms with E-state index in [4.69, 9.17) is 0 Å². The zero-order chi connectivity index (χ0) is 31.4. The highest BCUT2D eigenvalue weighted by atomic mass is 15.1. The van der Waals surface area contributed by atoms with E-state index in [1.165, 1.54) is 61.6 Å². The van der Waals surface area contributed by atoms with E-state index in [0.29, 0.717) is 0 Å². The third kappa shape index (κ3) is 8.28. The number of anilines is 3. The number of para-hydroxylation sites is 1. The maximum atomic E-state index is 2.45. The molecule has 1 heteroatoms. The van der Waals surface area contributed by atoms with Gasteiger partial charge in [-0.2, -0.15) is 0 Å². The highest BCUT2D eigenvalue weighted by molar-refractivity contribution is 5.82. The van der Waals surface area contributed by atoms with E-state index in [9.17, 15) is 0 Å². The van der Waals surface area contributed by atoms with Crippen molar-refractivity contribution in [2.24, 2.45) is 0 Å². The Morgan fingerprint density at radius 1 is 0.489 bits per heavy atom. The van der Waals surface area contributed by atoms with Crippen LogP contribution in [0.3, 0.4) is 0 Å². The molecule has 5 aromatic rings. The minimum absolute atomic E-state index is 1.04. The lowest BCUT2D eigenvalue weighted by Gasteiger charge is -2.30. The maximum absolute atomic E-state index is 2.45. The van der Waals surface area contributed by atoms with Crippen LogP contribution in [0.2, 0.25) is 0 Å². The molecule has 0 aliphatic carbocycles. The second kappa shape index (κ2) is 15.5. The van der Waals surface area contributed by atoms with E-state index in [1.807, 2.05) is 12.1 Å². The number of nitrogens with zero attached hydrogens (tertiary/aromatic N) is 1. The highest BCUT2D eigenvalue weighted by Gasteiger charge is 2.19. The predicted molar refractivity (Wildman–Crippen MR) is 198 cm³/mol. The maximum Gasteiger partial charge on any atom is 0.0522 e. The van der Waals surface area contributed by atoms with Crippen molar-refractivity contribution in [1.82, 2.24) is 0 Å². The van der Waals surface area contributed by atoms with Gasteiger partial charge in [0.05, 0.1) is 5.69 Å². The van der Waals surface area contributed by atoms with E-state index < -0.39 is 0 Å². The first kappa shape index (κ1) is 31.3. The van der Waals surface area contributed by atoms with Crippen LogP contribution in [0.5, 0.6) is 0 Å². The molecule has 0 amide bonds. The largest absolute Gasteiger partial charge is 0.310 e. The minimum Gasteiger partial charge on any atom is -0.310 e. The molecular weight excluding hydrogens is 542 g/mol. The second-order valence-electron chi connectivity index (χ2n) is 11.5. The average molecular weight is 586 g/mol. The standard InChI is InChI=1S/C44H43N/c1-5-17-41-27-16-18-34(2)44(41)45(42-30-28-39(35(3)32-42)25-14-12-23-37-19-8-6-9-20-37)43-31-29-40(36(4)33-43)26-15-13-24-38-21-10-7-11-22-38/h6-16,18-33H,5,17H2,1-4H3/b23-12+,24-13+,25-14+,26-15+. The zero-order valence-electron chi connectivity index (χ0n) is 26.9. The summed E-state index contributed by atoms with van der Waals surface area (Å²) in [7, 11) is 0. The normalized spacial score (nSPS) is 11.8. The van der Waals surface area contributed by atoms with Crippen LogP contribution in [-0.4, -0.2) is 0 Å². The van der Waals surface area contributed by atoms with Crippen molar-refractivity contribution >= 4 is 41.4 Å². The number of rotatable bonds is 11. The molecule has 0 aliphatic rings. The van der Waals surface area contributed by atoms with Gasteiger partial charge in [-0.1, -0.05) is 153 Å². The number of aryl methyl sites for hydroxylation is 4. The van der Waals surface area contributed by atoms with E-state index >= 15 is 0 Å². The molecule has 0 aliphatic heterocycles. The van der Waals surface area contributed by atoms with Gasteiger partial charge in [0.15, 0.2) is 0 Å². The Morgan fingerprint density at radius 2 is 0.978 bits per heavy atom. The van der Waals surface area contributed by atoms with Crippen LogP contribution in [0.4, 0.5) is 17.1 Å². The molecule has 0 N–H and O–H groups in total. The van der Waals surface area contributed by atoms with Gasteiger partial charge in [-0.3, -0.25) is 0 Å². The fourth-order valence-corrected chi connectivity index (χ4v) is 5.67. The number of benzene rings is 5. The topological polar surface area (TPSA) is 3.24 Å². The van der Waals surface area contributed by atoms with Crippen molar-refractivity contribution in [1.29, 1.82) is 0 Å². The number of allylic oxidation sites excluding steroid dienone is 4. The smallest absolute Gasteiger partial charge is 0.0522 e.